The van der Waals surface area contributed by atoms with Crippen molar-refractivity contribution in [1.29, 1.82) is 0 Å². The first-order valence-corrected chi connectivity index (χ1v) is 11.1. The lowest BCUT2D eigenvalue weighted by atomic mass is 9.75. The number of anilines is 1. The Hall–Kier alpha value is -3.23. The molecule has 0 unspecified atom stereocenters. The van der Waals surface area contributed by atoms with E-state index in [-0.39, 0.29) is 12.5 Å². The van der Waals surface area contributed by atoms with Gasteiger partial charge < -0.3 is 15.2 Å². The Labute approximate surface area is 191 Å². The highest BCUT2D eigenvalue weighted by Crippen LogP contribution is 2.54. The molecule has 2 saturated heterocycles. The van der Waals surface area contributed by atoms with Crippen molar-refractivity contribution in [2.45, 2.75) is 45.0 Å². The van der Waals surface area contributed by atoms with Crippen LogP contribution < -0.4 is 15.4 Å². The van der Waals surface area contributed by atoms with E-state index in [2.05, 4.69) is 10.6 Å². The predicted molar refractivity (Wildman–Crippen MR) is 120 cm³/mol. The average Bonchev–Trinajstić information content (AvgIpc) is 3.36. The van der Waals surface area contributed by atoms with E-state index in [0.717, 1.165) is 11.1 Å². The van der Waals surface area contributed by atoms with Gasteiger partial charge in [0.15, 0.2) is 0 Å². The molecule has 3 N–H and O–H groups in total. The fraction of sp³-hybridized carbons (Fsp3) is 0.400. The van der Waals surface area contributed by atoms with Gasteiger partial charge in [-0.15, -0.1) is 0 Å². The molecule has 5 atom stereocenters. The minimum Gasteiger partial charge on any atom is -0.496 e. The second-order valence-corrected chi connectivity index (χ2v) is 9.26. The van der Waals surface area contributed by atoms with E-state index in [1.807, 2.05) is 38.1 Å². The van der Waals surface area contributed by atoms with Crippen molar-refractivity contribution in [3.63, 3.8) is 0 Å². The molecule has 8 heteroatoms. The number of fused-ring (bicyclic) bond motifs is 4. The van der Waals surface area contributed by atoms with Crippen molar-refractivity contribution >= 4 is 23.4 Å². The van der Waals surface area contributed by atoms with E-state index >= 15 is 0 Å². The highest BCUT2D eigenvalue weighted by atomic mass is 16.5. The lowest BCUT2D eigenvalue weighted by Gasteiger charge is -2.30. The van der Waals surface area contributed by atoms with Crippen LogP contribution in [0.2, 0.25) is 0 Å². The molecule has 5 rings (SSSR count). The number of benzene rings is 2. The number of hydrogen-bond acceptors (Lipinski definition) is 6. The third-order valence-corrected chi connectivity index (χ3v) is 7.23. The number of nitrogens with one attached hydrogen (secondary N) is 2. The number of rotatable bonds is 4. The summed E-state index contributed by atoms with van der Waals surface area (Å²) in [5, 5.41) is 16.7. The van der Waals surface area contributed by atoms with Crippen LogP contribution in [0.4, 0.5) is 5.69 Å². The molecule has 0 aliphatic carbocycles. The molecule has 3 aliphatic rings. The van der Waals surface area contributed by atoms with Crippen LogP contribution in [0, 0.1) is 25.7 Å². The zero-order chi connectivity index (χ0) is 23.7. The summed E-state index contributed by atoms with van der Waals surface area (Å²) in [4.78, 5) is 42.1. The first-order valence-electron chi connectivity index (χ1n) is 11.1. The molecular weight excluding hydrogens is 422 g/mol. The van der Waals surface area contributed by atoms with Crippen molar-refractivity contribution in [1.82, 2.24) is 10.2 Å². The minimum atomic E-state index is -1.42. The lowest BCUT2D eigenvalue weighted by Crippen LogP contribution is -2.54. The van der Waals surface area contributed by atoms with E-state index in [0.29, 0.717) is 22.6 Å². The Kier molecular flexibility index (Phi) is 4.84. The average molecular weight is 450 g/mol. The highest BCUT2D eigenvalue weighted by Gasteiger charge is 2.71. The topological polar surface area (TPSA) is 108 Å². The third kappa shape index (κ3) is 2.87. The number of likely N-dealkylation sites (tertiary alicyclic amines) is 1. The number of imide groups is 1. The smallest absolute Gasteiger partial charge is 0.250 e. The maximum Gasteiger partial charge on any atom is 0.250 e. The molecule has 33 heavy (non-hydrogen) atoms. The maximum atomic E-state index is 13.8. The molecule has 0 aromatic heterocycles. The van der Waals surface area contributed by atoms with Gasteiger partial charge in [0.2, 0.25) is 17.7 Å². The van der Waals surface area contributed by atoms with Crippen molar-refractivity contribution < 1.29 is 24.2 Å². The summed E-state index contributed by atoms with van der Waals surface area (Å²) >= 11 is 0. The summed E-state index contributed by atoms with van der Waals surface area (Å²) in [6.45, 7) is 5.44. The summed E-state index contributed by atoms with van der Waals surface area (Å²) in [5.41, 5.74) is 2.43. The van der Waals surface area contributed by atoms with E-state index < -0.39 is 41.3 Å². The second-order valence-electron chi connectivity index (χ2n) is 9.26. The molecule has 3 amide bonds. The third-order valence-electron chi connectivity index (χ3n) is 7.23. The van der Waals surface area contributed by atoms with Crippen LogP contribution in [0.15, 0.2) is 36.4 Å². The van der Waals surface area contributed by atoms with Crippen LogP contribution in [0.5, 0.6) is 5.75 Å². The number of aliphatic hydroxyl groups excluding tert-OH is 1. The molecule has 0 radical (unpaired) electrons. The van der Waals surface area contributed by atoms with Gasteiger partial charge in [-0.2, -0.15) is 0 Å². The predicted octanol–water partition coefficient (Wildman–Crippen LogP) is 1.61. The van der Waals surface area contributed by atoms with Crippen LogP contribution in [-0.4, -0.2) is 47.0 Å². The number of para-hydroxylation sites is 1. The van der Waals surface area contributed by atoms with E-state index in [1.165, 1.54) is 12.0 Å². The Morgan fingerprint density at radius 3 is 2.58 bits per heavy atom. The zero-order valence-corrected chi connectivity index (χ0v) is 19.0. The molecule has 2 aromatic carbocycles. The van der Waals surface area contributed by atoms with Crippen molar-refractivity contribution in [2.24, 2.45) is 11.8 Å². The molecule has 1 spiro atoms. The summed E-state index contributed by atoms with van der Waals surface area (Å²) < 4.78 is 5.40. The second kappa shape index (κ2) is 7.40. The lowest BCUT2D eigenvalue weighted by molar-refractivity contribution is -0.143. The molecule has 2 aromatic rings. The number of ether oxygens (including phenoxy) is 1. The Morgan fingerprint density at radius 2 is 1.88 bits per heavy atom. The van der Waals surface area contributed by atoms with Crippen LogP contribution in [-0.2, 0) is 26.5 Å². The number of aryl methyl sites for hydroxylation is 2. The van der Waals surface area contributed by atoms with Gasteiger partial charge in [0, 0.05) is 22.9 Å². The number of aliphatic hydroxyl groups is 1. The Balaban J connectivity index is 1.63. The number of carbonyl (C=O) groups is 3. The van der Waals surface area contributed by atoms with Crippen LogP contribution >= 0.6 is 0 Å². The molecule has 3 heterocycles. The monoisotopic (exact) mass is 449 g/mol. The van der Waals surface area contributed by atoms with E-state index in [4.69, 9.17) is 4.74 Å². The fourth-order valence-electron chi connectivity index (χ4n) is 5.82. The van der Waals surface area contributed by atoms with Gasteiger partial charge in [-0.1, -0.05) is 35.9 Å². The number of hydrogen-bond donors (Lipinski definition) is 3. The molecule has 3 aliphatic heterocycles. The van der Waals surface area contributed by atoms with Gasteiger partial charge in [-0.25, -0.2) is 0 Å². The van der Waals surface area contributed by atoms with Gasteiger partial charge in [0.1, 0.15) is 11.3 Å². The fourth-order valence-corrected chi connectivity index (χ4v) is 5.82. The number of methoxy groups -OCH3 is 1. The van der Waals surface area contributed by atoms with Gasteiger partial charge in [-0.05, 0) is 32.4 Å². The van der Waals surface area contributed by atoms with E-state index in [9.17, 15) is 19.5 Å². The summed E-state index contributed by atoms with van der Waals surface area (Å²) in [7, 11) is 1.54. The first kappa shape index (κ1) is 21.6. The highest BCUT2D eigenvalue weighted by molar-refractivity contribution is 6.15. The normalized spacial score (nSPS) is 28.8. The molecule has 0 bridgehead atoms. The zero-order valence-electron chi connectivity index (χ0n) is 19.0. The molecule has 2 fully saturated rings. The Bertz CT molecular complexity index is 1190. The molecule has 0 saturated carbocycles. The van der Waals surface area contributed by atoms with Crippen LogP contribution in [0.1, 0.15) is 29.2 Å². The van der Waals surface area contributed by atoms with E-state index in [1.54, 1.807) is 19.1 Å². The van der Waals surface area contributed by atoms with Gasteiger partial charge in [0.25, 0.3) is 0 Å². The van der Waals surface area contributed by atoms with Gasteiger partial charge >= 0.3 is 0 Å². The van der Waals surface area contributed by atoms with Crippen molar-refractivity contribution in [2.75, 3.05) is 12.4 Å². The number of carbonyl (C=O) groups excluding carboxylic acids is 3. The summed E-state index contributed by atoms with van der Waals surface area (Å²) in [5.74, 6) is -2.42. The number of amides is 3. The standard InChI is InChI=1S/C25H27N3O5/c1-12-9-13(2)20-16(10-12)25(24(32)26-20)19-18(21(27-25)14(3)29)22(30)28(23(19)31)11-15-7-5-6-8-17(15)33-4/h5-10,14,18-19,21,27,29H,11H2,1-4H3,(H,26,32)/t14-,18+,19+,21+,25+/m1/s1. The molecule has 172 valence electrons. The van der Waals surface area contributed by atoms with Crippen molar-refractivity contribution in [3.05, 3.63) is 58.7 Å². The first-order chi connectivity index (χ1) is 15.7. The van der Waals surface area contributed by atoms with Crippen LogP contribution in [0.25, 0.3) is 0 Å². The molecule has 8 nitrogen and oxygen atoms in total. The Morgan fingerprint density at radius 1 is 1.15 bits per heavy atom. The van der Waals surface area contributed by atoms with Gasteiger partial charge in [-0.3, -0.25) is 24.6 Å². The van der Waals surface area contributed by atoms with Gasteiger partial charge in [0.05, 0.1) is 31.6 Å². The summed E-state index contributed by atoms with van der Waals surface area (Å²) in [6, 6.07) is 10.3. The quantitative estimate of drug-likeness (QED) is 0.612. The van der Waals surface area contributed by atoms with Crippen molar-refractivity contribution in [3.8, 4) is 5.75 Å². The SMILES string of the molecule is COc1ccccc1CN1C(=O)[C@@H]2[C@H]([C@@H](C)O)N[C@]3(C(=O)Nc4c(C)cc(C)cc43)[C@@H]2C1=O. The largest absolute Gasteiger partial charge is 0.496 e. The summed E-state index contributed by atoms with van der Waals surface area (Å²) in [6.07, 6.45) is -0.942. The molecular formula is C25H27N3O5. The minimum absolute atomic E-state index is 0.0403. The van der Waals surface area contributed by atoms with Crippen LogP contribution in [0.3, 0.4) is 0 Å². The maximum absolute atomic E-state index is 13.8. The number of nitrogens with zero attached hydrogens (tertiary/aromatic N) is 1.